The molecule has 5 heteroatoms. The second-order valence-corrected chi connectivity index (χ2v) is 6.37. The average Bonchev–Trinajstić information content (AvgIpc) is 2.29. The van der Waals surface area contributed by atoms with E-state index < -0.39 is 10.1 Å². The first kappa shape index (κ1) is 17.9. The Kier molecular flexibility index (Phi) is 10.7. The van der Waals surface area contributed by atoms with E-state index in [9.17, 15) is 8.42 Å². The van der Waals surface area contributed by atoms with Gasteiger partial charge >= 0.3 is 0 Å². The number of hydrogen-bond acceptors (Lipinski definition) is 3. The van der Waals surface area contributed by atoms with Crippen LogP contribution in [-0.2, 0) is 14.9 Å². The number of rotatable bonds is 12. The van der Waals surface area contributed by atoms with Crippen molar-refractivity contribution in [3.8, 4) is 0 Å². The second kappa shape index (κ2) is 10.8. The summed E-state index contributed by atoms with van der Waals surface area (Å²) >= 11 is 0. The molecule has 0 aliphatic heterocycles. The lowest BCUT2D eigenvalue weighted by molar-refractivity contribution is 0.109. The molecule has 0 bridgehead atoms. The van der Waals surface area contributed by atoms with E-state index in [0.717, 1.165) is 12.8 Å². The highest BCUT2D eigenvalue weighted by Crippen LogP contribution is 2.12. The van der Waals surface area contributed by atoms with Crippen LogP contribution < -0.4 is 0 Å². The van der Waals surface area contributed by atoms with E-state index in [1.807, 2.05) is 0 Å². The van der Waals surface area contributed by atoms with Crippen LogP contribution >= 0.6 is 0 Å². The van der Waals surface area contributed by atoms with Crippen molar-refractivity contribution in [3.63, 3.8) is 0 Å². The highest BCUT2D eigenvalue weighted by atomic mass is 32.2. The summed E-state index contributed by atoms with van der Waals surface area (Å²) in [7, 11) is -2.43. The summed E-state index contributed by atoms with van der Waals surface area (Å²) in [4.78, 5) is 0. The molecule has 0 aliphatic rings. The van der Waals surface area contributed by atoms with Crippen molar-refractivity contribution >= 4 is 10.1 Å². The van der Waals surface area contributed by atoms with Gasteiger partial charge in [-0.2, -0.15) is 8.42 Å². The van der Waals surface area contributed by atoms with Gasteiger partial charge in [-0.1, -0.05) is 58.3 Å². The van der Waals surface area contributed by atoms with Gasteiger partial charge in [0, 0.05) is 7.11 Å². The Bertz CT molecular complexity index is 275. The molecule has 0 aromatic rings. The van der Waals surface area contributed by atoms with E-state index in [1.165, 1.54) is 45.6 Å². The maximum atomic E-state index is 10.7. The van der Waals surface area contributed by atoms with Crippen molar-refractivity contribution in [2.75, 3.05) is 12.9 Å². The molecule has 1 atom stereocenters. The van der Waals surface area contributed by atoms with E-state index in [0.29, 0.717) is 6.42 Å². The summed E-state index contributed by atoms with van der Waals surface area (Å²) in [5.74, 6) is -0.292. The Morgan fingerprint density at radius 1 is 1.00 bits per heavy atom. The first-order valence-electron chi connectivity index (χ1n) is 6.97. The molecule has 0 spiro atoms. The first-order chi connectivity index (χ1) is 8.49. The lowest BCUT2D eigenvalue weighted by atomic mass is 10.1. The van der Waals surface area contributed by atoms with Crippen LogP contribution in [0.1, 0.15) is 64.7 Å². The van der Waals surface area contributed by atoms with Crippen LogP contribution in [0, 0.1) is 0 Å². The second-order valence-electron chi connectivity index (χ2n) is 4.87. The summed E-state index contributed by atoms with van der Waals surface area (Å²) in [5.41, 5.74) is 0. The van der Waals surface area contributed by atoms with Crippen molar-refractivity contribution in [2.45, 2.75) is 70.8 Å². The minimum absolute atomic E-state index is 0.292. The van der Waals surface area contributed by atoms with Crippen LogP contribution in [-0.4, -0.2) is 31.9 Å². The van der Waals surface area contributed by atoms with Crippen LogP contribution in [0.2, 0.25) is 0 Å². The fraction of sp³-hybridized carbons (Fsp3) is 1.00. The molecule has 4 nitrogen and oxygen atoms in total. The summed E-state index contributed by atoms with van der Waals surface area (Å²) in [5, 5.41) is 0. The molecule has 0 radical (unpaired) electrons. The van der Waals surface area contributed by atoms with Crippen LogP contribution in [0.3, 0.4) is 0 Å². The molecule has 0 saturated heterocycles. The summed E-state index contributed by atoms with van der Waals surface area (Å²) < 4.78 is 35.2. The van der Waals surface area contributed by atoms with E-state index in [1.54, 1.807) is 0 Å². The summed E-state index contributed by atoms with van der Waals surface area (Å²) in [6.45, 7) is 2.21. The van der Waals surface area contributed by atoms with Gasteiger partial charge in [-0.3, -0.25) is 4.55 Å². The summed E-state index contributed by atoms with van der Waals surface area (Å²) in [6.07, 6.45) is 10.1. The lowest BCUT2D eigenvalue weighted by Gasteiger charge is -2.13. The first-order valence-corrected chi connectivity index (χ1v) is 8.58. The van der Waals surface area contributed by atoms with E-state index in [4.69, 9.17) is 9.29 Å². The van der Waals surface area contributed by atoms with E-state index >= 15 is 0 Å². The molecular formula is C13H28O4S. The molecule has 0 fully saturated rings. The van der Waals surface area contributed by atoms with Gasteiger partial charge in [0.05, 0.1) is 6.10 Å². The smallest absolute Gasteiger partial charge is 0.267 e. The Morgan fingerprint density at radius 3 is 1.94 bits per heavy atom. The van der Waals surface area contributed by atoms with Gasteiger partial charge in [0.25, 0.3) is 10.1 Å². The van der Waals surface area contributed by atoms with Crippen LogP contribution in [0.25, 0.3) is 0 Å². The van der Waals surface area contributed by atoms with Crippen molar-refractivity contribution in [2.24, 2.45) is 0 Å². The standard InChI is InChI=1S/C13H28O4S/c1-3-4-5-6-7-8-9-10-11-13(17-2)12-18(14,15)16/h13H,3-12H2,1-2H3,(H,14,15,16). The zero-order chi connectivity index (χ0) is 13.9. The van der Waals surface area contributed by atoms with Crippen molar-refractivity contribution in [1.29, 1.82) is 0 Å². The topological polar surface area (TPSA) is 63.6 Å². The van der Waals surface area contributed by atoms with Gasteiger partial charge in [0.1, 0.15) is 5.75 Å². The molecule has 0 aliphatic carbocycles. The SMILES string of the molecule is CCCCCCCCCCC(CS(=O)(=O)O)OC. The average molecular weight is 280 g/mol. The predicted molar refractivity (Wildman–Crippen MR) is 74.4 cm³/mol. The maximum absolute atomic E-state index is 10.7. The fourth-order valence-electron chi connectivity index (χ4n) is 2.01. The van der Waals surface area contributed by atoms with Crippen LogP contribution in [0.15, 0.2) is 0 Å². The number of unbranched alkanes of at least 4 members (excludes halogenated alkanes) is 7. The molecule has 0 aromatic carbocycles. The van der Waals surface area contributed by atoms with Gasteiger partial charge in [-0.15, -0.1) is 0 Å². The normalized spacial score (nSPS) is 13.7. The molecule has 1 N–H and O–H groups in total. The molecule has 18 heavy (non-hydrogen) atoms. The largest absolute Gasteiger partial charge is 0.380 e. The van der Waals surface area contributed by atoms with Gasteiger partial charge in [-0.25, -0.2) is 0 Å². The Labute approximate surface area is 112 Å². The predicted octanol–water partition coefficient (Wildman–Crippen LogP) is 3.42. The third kappa shape index (κ3) is 12.3. The molecule has 0 saturated carbocycles. The van der Waals surface area contributed by atoms with E-state index in [2.05, 4.69) is 6.92 Å². The third-order valence-electron chi connectivity index (χ3n) is 3.11. The minimum atomic E-state index is -3.92. The molecule has 1 unspecified atom stereocenters. The Balaban J connectivity index is 3.46. The van der Waals surface area contributed by atoms with Gasteiger partial charge in [-0.05, 0) is 6.42 Å². The molecular weight excluding hydrogens is 252 g/mol. The minimum Gasteiger partial charge on any atom is -0.380 e. The lowest BCUT2D eigenvalue weighted by Crippen LogP contribution is -2.22. The molecule has 110 valence electrons. The van der Waals surface area contributed by atoms with Gasteiger partial charge in [0.15, 0.2) is 0 Å². The van der Waals surface area contributed by atoms with Crippen molar-refractivity contribution in [1.82, 2.24) is 0 Å². The van der Waals surface area contributed by atoms with E-state index in [-0.39, 0.29) is 11.9 Å². The zero-order valence-corrected chi connectivity index (χ0v) is 12.5. The quantitative estimate of drug-likeness (QED) is 0.439. The molecule has 0 aromatic heterocycles. The molecule has 0 rings (SSSR count). The van der Waals surface area contributed by atoms with Crippen LogP contribution in [0.5, 0.6) is 0 Å². The van der Waals surface area contributed by atoms with Crippen LogP contribution in [0.4, 0.5) is 0 Å². The molecule has 0 amide bonds. The highest BCUT2D eigenvalue weighted by molar-refractivity contribution is 7.85. The zero-order valence-electron chi connectivity index (χ0n) is 11.7. The molecule has 0 heterocycles. The number of hydrogen-bond donors (Lipinski definition) is 1. The van der Waals surface area contributed by atoms with Crippen molar-refractivity contribution in [3.05, 3.63) is 0 Å². The number of methoxy groups -OCH3 is 1. The number of ether oxygens (including phenoxy) is 1. The van der Waals surface area contributed by atoms with Crippen molar-refractivity contribution < 1.29 is 17.7 Å². The van der Waals surface area contributed by atoms with Gasteiger partial charge in [0.2, 0.25) is 0 Å². The Morgan fingerprint density at radius 2 is 1.50 bits per heavy atom. The monoisotopic (exact) mass is 280 g/mol. The maximum Gasteiger partial charge on any atom is 0.267 e. The highest BCUT2D eigenvalue weighted by Gasteiger charge is 2.15. The Hall–Kier alpha value is -0.130. The fourth-order valence-corrected chi connectivity index (χ4v) is 2.78. The third-order valence-corrected chi connectivity index (χ3v) is 3.90. The summed E-state index contributed by atoms with van der Waals surface area (Å²) in [6, 6.07) is 0. The van der Waals surface area contributed by atoms with Gasteiger partial charge < -0.3 is 4.74 Å².